The van der Waals surface area contributed by atoms with Crippen molar-refractivity contribution in [3.63, 3.8) is 0 Å². The van der Waals surface area contributed by atoms with Crippen LogP contribution in [0.15, 0.2) is 47.4 Å². The van der Waals surface area contributed by atoms with E-state index in [4.69, 9.17) is 5.73 Å². The number of aromatic nitrogens is 2. The molecule has 146 valence electrons. The fourth-order valence-corrected chi connectivity index (χ4v) is 3.55. The van der Waals surface area contributed by atoms with Crippen molar-refractivity contribution in [3.8, 4) is 11.1 Å². The van der Waals surface area contributed by atoms with Crippen molar-refractivity contribution in [1.29, 1.82) is 0 Å². The molecule has 0 aliphatic rings. The minimum atomic E-state index is -3.24. The molecule has 28 heavy (non-hydrogen) atoms. The van der Waals surface area contributed by atoms with Crippen molar-refractivity contribution in [2.24, 2.45) is 5.73 Å². The Morgan fingerprint density at radius 3 is 2.29 bits per heavy atom. The molecule has 0 aliphatic carbocycles. The molecular formula is C20H22N4O3S. The predicted molar refractivity (Wildman–Crippen MR) is 109 cm³/mol. The Morgan fingerprint density at radius 2 is 1.71 bits per heavy atom. The van der Waals surface area contributed by atoms with Crippen molar-refractivity contribution in [2.75, 3.05) is 6.26 Å². The lowest BCUT2D eigenvalue weighted by Crippen LogP contribution is -2.25. The van der Waals surface area contributed by atoms with Gasteiger partial charge in [-0.3, -0.25) is 4.79 Å². The summed E-state index contributed by atoms with van der Waals surface area (Å²) in [5, 5.41) is 12.3. The average Bonchev–Trinajstić information content (AvgIpc) is 2.64. The molecule has 2 aromatic carbocycles. The normalized spacial score (nSPS) is 11.9. The molecule has 0 aliphatic heterocycles. The number of carbonyl (C=O) groups is 1. The van der Waals surface area contributed by atoms with Gasteiger partial charge >= 0.3 is 0 Å². The van der Waals surface area contributed by atoms with Crippen molar-refractivity contribution in [3.05, 3.63) is 53.7 Å². The van der Waals surface area contributed by atoms with Crippen molar-refractivity contribution < 1.29 is 13.2 Å². The van der Waals surface area contributed by atoms with Crippen LogP contribution in [-0.2, 0) is 16.4 Å². The Kier molecular flexibility index (Phi) is 5.44. The van der Waals surface area contributed by atoms with Crippen molar-refractivity contribution in [2.45, 2.75) is 31.3 Å². The molecule has 3 N–H and O–H groups in total. The van der Waals surface area contributed by atoms with Crippen LogP contribution in [0.2, 0.25) is 0 Å². The second-order valence-corrected chi connectivity index (χ2v) is 8.97. The number of rotatable bonds is 6. The third-order valence-corrected chi connectivity index (χ3v) is 5.53. The zero-order chi connectivity index (χ0) is 20.5. The van der Waals surface area contributed by atoms with Crippen LogP contribution in [0.4, 0.5) is 0 Å². The van der Waals surface area contributed by atoms with Gasteiger partial charge in [0.2, 0.25) is 0 Å². The van der Waals surface area contributed by atoms with Gasteiger partial charge in [0.15, 0.2) is 15.5 Å². The maximum Gasteiger partial charge on any atom is 0.269 e. The smallest absolute Gasteiger partial charge is 0.269 e. The topological polar surface area (TPSA) is 115 Å². The van der Waals surface area contributed by atoms with Gasteiger partial charge in [-0.15, -0.1) is 10.2 Å². The Morgan fingerprint density at radius 1 is 1.07 bits per heavy atom. The zero-order valence-electron chi connectivity index (χ0n) is 15.9. The maximum atomic E-state index is 11.8. The second kappa shape index (κ2) is 7.65. The van der Waals surface area contributed by atoms with Crippen LogP contribution in [-0.4, -0.2) is 36.8 Å². The first-order valence-electron chi connectivity index (χ1n) is 8.80. The molecule has 0 spiro atoms. The minimum absolute atomic E-state index is 0.158. The zero-order valence-corrected chi connectivity index (χ0v) is 16.7. The number of fused-ring (bicyclic) bond motifs is 1. The first-order valence-corrected chi connectivity index (χ1v) is 10.7. The van der Waals surface area contributed by atoms with Gasteiger partial charge in [0.1, 0.15) is 0 Å². The molecule has 0 radical (unpaired) electrons. The standard InChI is InChI=1S/C20H22N4O3S/c1-12(2)22-11-17-16-9-6-14(10-18(16)23-24-19(17)20(21)25)13-4-7-15(8-5-13)28(3,26)27/h4-10,12,22H,11H2,1-3H3,(H2,21,25). The summed E-state index contributed by atoms with van der Waals surface area (Å²) in [6.45, 7) is 4.47. The molecule has 0 unspecified atom stereocenters. The van der Waals surface area contributed by atoms with Gasteiger partial charge in [-0.1, -0.05) is 38.1 Å². The number of primary amides is 1. The summed E-state index contributed by atoms with van der Waals surface area (Å²) >= 11 is 0. The number of hydrogen-bond donors (Lipinski definition) is 2. The number of nitrogens with two attached hydrogens (primary N) is 1. The van der Waals surface area contributed by atoms with Crippen LogP contribution >= 0.6 is 0 Å². The van der Waals surface area contributed by atoms with E-state index >= 15 is 0 Å². The molecule has 7 nitrogen and oxygen atoms in total. The van der Waals surface area contributed by atoms with Crippen LogP contribution < -0.4 is 11.1 Å². The molecule has 0 saturated heterocycles. The molecule has 3 rings (SSSR count). The number of amides is 1. The summed E-state index contributed by atoms with van der Waals surface area (Å²) in [5.41, 5.74) is 8.70. The van der Waals surface area contributed by atoms with Crippen LogP contribution in [0.25, 0.3) is 22.0 Å². The van der Waals surface area contributed by atoms with Gasteiger partial charge in [-0.25, -0.2) is 8.42 Å². The largest absolute Gasteiger partial charge is 0.364 e. The van der Waals surface area contributed by atoms with E-state index in [1.807, 2.05) is 32.0 Å². The van der Waals surface area contributed by atoms with Gasteiger partial charge in [0.25, 0.3) is 5.91 Å². The molecule has 0 saturated carbocycles. The van der Waals surface area contributed by atoms with Crippen LogP contribution in [0, 0.1) is 0 Å². The highest BCUT2D eigenvalue weighted by Gasteiger charge is 2.16. The van der Waals surface area contributed by atoms with E-state index in [1.165, 1.54) is 6.26 Å². The van der Waals surface area contributed by atoms with Gasteiger partial charge in [0.05, 0.1) is 10.4 Å². The lowest BCUT2D eigenvalue weighted by atomic mass is 10.0. The molecule has 1 aromatic heterocycles. The van der Waals surface area contributed by atoms with Crippen LogP contribution in [0.5, 0.6) is 0 Å². The van der Waals surface area contributed by atoms with E-state index in [9.17, 15) is 13.2 Å². The molecule has 0 bridgehead atoms. The third-order valence-electron chi connectivity index (χ3n) is 4.40. The fraction of sp³-hybridized carbons (Fsp3) is 0.250. The first-order chi connectivity index (χ1) is 13.2. The summed E-state index contributed by atoms with van der Waals surface area (Å²) in [5.74, 6) is -0.615. The highest BCUT2D eigenvalue weighted by atomic mass is 32.2. The summed E-state index contributed by atoms with van der Waals surface area (Å²) in [7, 11) is -3.24. The van der Waals surface area contributed by atoms with E-state index in [0.717, 1.165) is 16.5 Å². The Labute approximate surface area is 163 Å². The Bertz CT molecular complexity index is 1140. The highest BCUT2D eigenvalue weighted by molar-refractivity contribution is 7.90. The first kappa shape index (κ1) is 19.9. The van der Waals surface area contributed by atoms with E-state index in [1.54, 1.807) is 24.3 Å². The molecule has 1 amide bonds. The van der Waals surface area contributed by atoms with E-state index in [0.29, 0.717) is 17.6 Å². The monoisotopic (exact) mass is 398 g/mol. The number of carbonyl (C=O) groups excluding carboxylic acids is 1. The minimum Gasteiger partial charge on any atom is -0.364 e. The average molecular weight is 398 g/mol. The molecule has 3 aromatic rings. The second-order valence-electron chi connectivity index (χ2n) is 6.96. The third kappa shape index (κ3) is 4.18. The molecule has 0 fully saturated rings. The number of sulfone groups is 1. The SMILES string of the molecule is CC(C)NCc1c(C(N)=O)nnc2cc(-c3ccc(S(C)(=O)=O)cc3)ccc12. The number of nitrogens with one attached hydrogen (secondary N) is 1. The summed E-state index contributed by atoms with van der Waals surface area (Å²) < 4.78 is 23.3. The number of benzene rings is 2. The molecule has 8 heteroatoms. The molecule has 1 heterocycles. The van der Waals surface area contributed by atoms with E-state index < -0.39 is 15.7 Å². The lowest BCUT2D eigenvalue weighted by Gasteiger charge is -2.13. The molecule has 0 atom stereocenters. The lowest BCUT2D eigenvalue weighted by molar-refractivity contribution is 0.0993. The summed E-state index contributed by atoms with van der Waals surface area (Å²) in [6.07, 6.45) is 1.18. The Balaban J connectivity index is 2.06. The van der Waals surface area contributed by atoms with Gasteiger partial charge in [0, 0.05) is 29.8 Å². The number of hydrogen-bond acceptors (Lipinski definition) is 6. The van der Waals surface area contributed by atoms with E-state index in [2.05, 4.69) is 15.5 Å². The van der Waals surface area contributed by atoms with Crippen molar-refractivity contribution >= 4 is 26.6 Å². The van der Waals surface area contributed by atoms with Gasteiger partial charge < -0.3 is 11.1 Å². The van der Waals surface area contributed by atoms with Crippen LogP contribution in [0.3, 0.4) is 0 Å². The molecular weight excluding hydrogens is 376 g/mol. The predicted octanol–water partition coefficient (Wildman–Crippen LogP) is 2.30. The summed E-state index contributed by atoms with van der Waals surface area (Å²) in [6, 6.07) is 12.5. The quantitative estimate of drug-likeness (QED) is 0.658. The fourth-order valence-electron chi connectivity index (χ4n) is 2.92. The number of nitrogens with zero attached hydrogens (tertiary/aromatic N) is 2. The van der Waals surface area contributed by atoms with Gasteiger partial charge in [-0.05, 0) is 29.3 Å². The van der Waals surface area contributed by atoms with Crippen molar-refractivity contribution in [1.82, 2.24) is 15.5 Å². The Hall–Kier alpha value is -2.84. The van der Waals surface area contributed by atoms with E-state index in [-0.39, 0.29) is 16.6 Å². The maximum absolute atomic E-state index is 11.8. The summed E-state index contributed by atoms with van der Waals surface area (Å²) in [4.78, 5) is 12.0. The van der Waals surface area contributed by atoms with Crippen LogP contribution in [0.1, 0.15) is 29.9 Å². The van der Waals surface area contributed by atoms with Gasteiger partial charge in [-0.2, -0.15) is 0 Å². The highest BCUT2D eigenvalue weighted by Crippen LogP contribution is 2.27.